The molecule has 11 heteroatoms. The molecule has 0 bridgehead atoms. The second kappa shape index (κ2) is 10.2. The number of nitro benzene ring substituents is 1. The number of nitrogens with zero attached hydrogens (tertiary/aromatic N) is 3. The molecule has 3 aromatic rings. The number of rotatable bonds is 9. The minimum atomic E-state index is -4.10. The van der Waals surface area contributed by atoms with Gasteiger partial charge in [0, 0.05) is 44.5 Å². The predicted molar refractivity (Wildman–Crippen MR) is 127 cm³/mol. The molecule has 0 spiro atoms. The molecule has 1 aliphatic rings. The monoisotopic (exact) mass is 486 g/mol. The molecule has 1 N–H and O–H groups in total. The van der Waals surface area contributed by atoms with Crippen LogP contribution in [0.15, 0.2) is 76.2 Å². The molecule has 0 saturated carbocycles. The van der Waals surface area contributed by atoms with Gasteiger partial charge >= 0.3 is 0 Å². The van der Waals surface area contributed by atoms with Gasteiger partial charge in [0.25, 0.3) is 5.69 Å². The predicted octanol–water partition coefficient (Wildman–Crippen LogP) is 3.04. The van der Waals surface area contributed by atoms with Crippen molar-refractivity contribution in [2.75, 3.05) is 44.7 Å². The summed E-state index contributed by atoms with van der Waals surface area (Å²) in [6, 6.07) is 16.4. The summed E-state index contributed by atoms with van der Waals surface area (Å²) >= 11 is 0. The van der Waals surface area contributed by atoms with Crippen molar-refractivity contribution >= 4 is 21.4 Å². The van der Waals surface area contributed by atoms with Crippen LogP contribution >= 0.6 is 0 Å². The molecule has 0 radical (unpaired) electrons. The Bertz CT molecular complexity index is 1210. The fourth-order valence-corrected chi connectivity index (χ4v) is 5.29. The molecule has 180 valence electrons. The number of hydrogen-bond donors (Lipinski definition) is 1. The zero-order valence-electron chi connectivity index (χ0n) is 18.7. The molecule has 1 aromatic heterocycles. The van der Waals surface area contributed by atoms with E-state index in [0.717, 1.165) is 24.5 Å². The van der Waals surface area contributed by atoms with Crippen LogP contribution in [-0.4, -0.2) is 58.1 Å². The Hall–Kier alpha value is -3.41. The number of nitro groups is 1. The van der Waals surface area contributed by atoms with Crippen LogP contribution in [0.3, 0.4) is 0 Å². The highest BCUT2D eigenvalue weighted by Crippen LogP contribution is 2.27. The van der Waals surface area contributed by atoms with Gasteiger partial charge in [-0.3, -0.25) is 15.0 Å². The van der Waals surface area contributed by atoms with E-state index >= 15 is 0 Å². The number of nitrogens with one attached hydrogen (secondary N) is 1. The van der Waals surface area contributed by atoms with Gasteiger partial charge in [0.05, 0.1) is 24.3 Å². The Morgan fingerprint density at radius 3 is 2.38 bits per heavy atom. The Balaban J connectivity index is 1.47. The first-order valence-corrected chi connectivity index (χ1v) is 12.3. The molecule has 1 saturated heterocycles. The lowest BCUT2D eigenvalue weighted by Gasteiger charge is -2.39. The van der Waals surface area contributed by atoms with Gasteiger partial charge in [-0.1, -0.05) is 12.1 Å². The summed E-state index contributed by atoms with van der Waals surface area (Å²) in [6.45, 7) is 2.89. The average Bonchev–Trinajstić information content (AvgIpc) is 3.39. The number of benzene rings is 2. The van der Waals surface area contributed by atoms with Gasteiger partial charge in [-0.15, -0.1) is 0 Å². The Labute approximate surface area is 197 Å². The van der Waals surface area contributed by atoms with Crippen LogP contribution in [0.2, 0.25) is 0 Å². The van der Waals surface area contributed by atoms with Gasteiger partial charge in [-0.2, -0.15) is 0 Å². The van der Waals surface area contributed by atoms with E-state index in [2.05, 4.69) is 14.5 Å². The van der Waals surface area contributed by atoms with Gasteiger partial charge in [0.15, 0.2) is 4.90 Å². The molecule has 34 heavy (non-hydrogen) atoms. The van der Waals surface area contributed by atoms with Crippen molar-refractivity contribution in [1.29, 1.82) is 0 Å². The molecule has 4 rings (SSSR count). The minimum Gasteiger partial charge on any atom is -0.497 e. The lowest BCUT2D eigenvalue weighted by atomic mass is 10.1. The number of hydrogen-bond acceptors (Lipinski definition) is 8. The van der Waals surface area contributed by atoms with Crippen molar-refractivity contribution in [2.24, 2.45) is 0 Å². The minimum absolute atomic E-state index is 0.0183. The standard InChI is InChI=1S/C23H26N4O6S/c1-32-19-10-8-18(9-11-19)25-12-14-26(15-13-25)21(22-6-4-16-33-22)17-24-34(30,31)23-7-3-2-5-20(23)27(28)29/h2-11,16,21,24H,12-15,17H2,1H3. The highest BCUT2D eigenvalue weighted by Gasteiger charge is 2.30. The van der Waals surface area contributed by atoms with E-state index in [1.54, 1.807) is 25.5 Å². The van der Waals surface area contributed by atoms with Gasteiger partial charge in [0.1, 0.15) is 11.5 Å². The number of piperazine rings is 1. The van der Waals surface area contributed by atoms with Crippen molar-refractivity contribution in [3.8, 4) is 5.75 Å². The molecule has 1 atom stereocenters. The summed E-state index contributed by atoms with van der Waals surface area (Å²) < 4.78 is 39.2. The summed E-state index contributed by atoms with van der Waals surface area (Å²) in [4.78, 5) is 14.7. The topological polar surface area (TPSA) is 118 Å². The maximum absolute atomic E-state index is 12.9. The van der Waals surface area contributed by atoms with E-state index in [1.165, 1.54) is 24.3 Å². The van der Waals surface area contributed by atoms with Crippen LogP contribution in [0.25, 0.3) is 0 Å². The van der Waals surface area contributed by atoms with Crippen LogP contribution in [-0.2, 0) is 10.0 Å². The average molecular weight is 487 g/mol. The molecular formula is C23H26N4O6S. The van der Waals surface area contributed by atoms with E-state index in [-0.39, 0.29) is 17.5 Å². The second-order valence-electron chi connectivity index (χ2n) is 7.83. The Morgan fingerprint density at radius 1 is 1.06 bits per heavy atom. The van der Waals surface area contributed by atoms with Gasteiger partial charge in [-0.05, 0) is 42.5 Å². The van der Waals surface area contributed by atoms with Crippen LogP contribution in [0.5, 0.6) is 5.75 Å². The molecule has 2 aromatic carbocycles. The fourth-order valence-electron chi connectivity index (χ4n) is 4.08. The first kappa shape index (κ1) is 23.7. The molecule has 1 fully saturated rings. The first-order valence-electron chi connectivity index (χ1n) is 10.8. The molecule has 2 heterocycles. The maximum atomic E-state index is 12.9. The molecule has 1 aliphatic heterocycles. The quantitative estimate of drug-likeness (QED) is 0.362. The van der Waals surface area contributed by atoms with Crippen molar-refractivity contribution in [1.82, 2.24) is 9.62 Å². The summed E-state index contributed by atoms with van der Waals surface area (Å²) in [7, 11) is -2.47. The number of furan rings is 1. The maximum Gasteiger partial charge on any atom is 0.289 e. The Kier molecular flexibility index (Phi) is 7.15. The highest BCUT2D eigenvalue weighted by molar-refractivity contribution is 7.89. The number of para-hydroxylation sites is 1. The van der Waals surface area contributed by atoms with Crippen LogP contribution in [0.4, 0.5) is 11.4 Å². The third-order valence-corrected chi connectivity index (χ3v) is 7.35. The zero-order valence-corrected chi connectivity index (χ0v) is 19.5. The van der Waals surface area contributed by atoms with Gasteiger partial charge in [-0.25, -0.2) is 13.1 Å². The summed E-state index contributed by atoms with van der Waals surface area (Å²) in [5.74, 6) is 1.43. The largest absolute Gasteiger partial charge is 0.497 e. The molecule has 10 nitrogen and oxygen atoms in total. The smallest absolute Gasteiger partial charge is 0.289 e. The number of methoxy groups -OCH3 is 1. The third kappa shape index (κ3) is 5.22. The fraction of sp³-hybridized carbons (Fsp3) is 0.304. The van der Waals surface area contributed by atoms with Gasteiger partial charge in [0.2, 0.25) is 10.0 Å². The van der Waals surface area contributed by atoms with Crippen molar-refractivity contribution in [3.05, 3.63) is 82.8 Å². The second-order valence-corrected chi connectivity index (χ2v) is 9.56. The zero-order chi connectivity index (χ0) is 24.1. The third-order valence-electron chi connectivity index (χ3n) is 5.88. The lowest BCUT2D eigenvalue weighted by molar-refractivity contribution is -0.387. The van der Waals surface area contributed by atoms with E-state index in [9.17, 15) is 18.5 Å². The number of anilines is 1. The van der Waals surface area contributed by atoms with Crippen molar-refractivity contribution in [2.45, 2.75) is 10.9 Å². The molecule has 0 amide bonds. The van der Waals surface area contributed by atoms with Crippen LogP contribution in [0.1, 0.15) is 11.8 Å². The lowest BCUT2D eigenvalue weighted by Crippen LogP contribution is -2.49. The van der Waals surface area contributed by atoms with E-state index in [1.807, 2.05) is 24.3 Å². The van der Waals surface area contributed by atoms with Crippen LogP contribution in [0, 0.1) is 10.1 Å². The number of ether oxygens (including phenoxy) is 1. The first-order chi connectivity index (χ1) is 16.4. The summed E-state index contributed by atoms with van der Waals surface area (Å²) in [5, 5.41) is 11.3. The van der Waals surface area contributed by atoms with E-state index in [0.29, 0.717) is 18.8 Å². The normalized spacial score (nSPS) is 15.7. The SMILES string of the molecule is COc1ccc(N2CCN(C(CNS(=O)(=O)c3ccccc3[N+](=O)[O-])c3ccco3)CC2)cc1. The van der Waals surface area contributed by atoms with Crippen LogP contribution < -0.4 is 14.4 Å². The molecule has 0 aliphatic carbocycles. The summed E-state index contributed by atoms with van der Waals surface area (Å²) in [5.41, 5.74) is 0.629. The van der Waals surface area contributed by atoms with Crippen molar-refractivity contribution in [3.63, 3.8) is 0 Å². The van der Waals surface area contributed by atoms with E-state index < -0.39 is 20.6 Å². The highest BCUT2D eigenvalue weighted by atomic mass is 32.2. The Morgan fingerprint density at radius 2 is 1.76 bits per heavy atom. The molecular weight excluding hydrogens is 460 g/mol. The van der Waals surface area contributed by atoms with E-state index in [4.69, 9.17) is 9.15 Å². The number of sulfonamides is 1. The van der Waals surface area contributed by atoms with Crippen molar-refractivity contribution < 1.29 is 22.5 Å². The van der Waals surface area contributed by atoms with Gasteiger partial charge < -0.3 is 14.1 Å². The summed E-state index contributed by atoms with van der Waals surface area (Å²) in [6.07, 6.45) is 1.55. The molecule has 1 unspecified atom stereocenters.